The van der Waals surface area contributed by atoms with Gasteiger partial charge in [-0.2, -0.15) is 0 Å². The molecule has 1 atom stereocenters. The van der Waals surface area contributed by atoms with Crippen LogP contribution in [0.25, 0.3) is 0 Å². The van der Waals surface area contributed by atoms with Crippen LogP contribution in [-0.2, 0) is 16.0 Å². The molecule has 0 radical (unpaired) electrons. The number of aliphatic hydroxyl groups is 1. The van der Waals surface area contributed by atoms with E-state index in [0.717, 1.165) is 17.0 Å². The lowest BCUT2D eigenvalue weighted by atomic mass is 10.1. The molecule has 0 saturated carbocycles. The molecule has 7 nitrogen and oxygen atoms in total. The summed E-state index contributed by atoms with van der Waals surface area (Å²) in [7, 11) is 1.64. The highest BCUT2D eigenvalue weighted by molar-refractivity contribution is 5.88. The van der Waals surface area contributed by atoms with Crippen molar-refractivity contribution in [2.45, 2.75) is 12.5 Å². The normalized spacial score (nSPS) is 15.0. The summed E-state index contributed by atoms with van der Waals surface area (Å²) < 4.78 is 5.42. The summed E-state index contributed by atoms with van der Waals surface area (Å²) in [6.07, 6.45) is 0.173. The number of hydrogen-bond donors (Lipinski definition) is 2. The number of aliphatic hydroxyl groups excluding tert-OH is 1. The zero-order chi connectivity index (χ0) is 20.6. The van der Waals surface area contributed by atoms with Gasteiger partial charge in [-0.3, -0.25) is 9.59 Å². The minimum absolute atomic E-state index is 0.173. The smallest absolute Gasteiger partial charge is 0.247 e. The van der Waals surface area contributed by atoms with Gasteiger partial charge in [-0.15, -0.1) is 0 Å². The molecule has 0 spiro atoms. The fraction of sp³-hybridized carbons (Fsp3) is 0.364. The SMILES string of the molecule is COc1ccccc1N1CCN(C(=O)C(CO)NC(=O)Cc2ccccc2)CC1. The number of anilines is 1. The summed E-state index contributed by atoms with van der Waals surface area (Å²) in [6.45, 7) is 1.92. The fourth-order valence-electron chi connectivity index (χ4n) is 3.49. The van der Waals surface area contributed by atoms with Gasteiger partial charge in [0.05, 0.1) is 25.8 Å². The lowest BCUT2D eigenvalue weighted by Gasteiger charge is -2.37. The lowest BCUT2D eigenvalue weighted by Crippen LogP contribution is -2.56. The van der Waals surface area contributed by atoms with Crippen LogP contribution in [0.1, 0.15) is 5.56 Å². The van der Waals surface area contributed by atoms with Gasteiger partial charge in [0, 0.05) is 26.2 Å². The Morgan fingerprint density at radius 3 is 2.34 bits per heavy atom. The molecule has 29 heavy (non-hydrogen) atoms. The van der Waals surface area contributed by atoms with Crippen molar-refractivity contribution in [1.82, 2.24) is 10.2 Å². The maximum absolute atomic E-state index is 12.8. The molecule has 3 rings (SSSR count). The topological polar surface area (TPSA) is 82.1 Å². The van der Waals surface area contributed by atoms with E-state index < -0.39 is 12.6 Å². The predicted octanol–water partition coefficient (Wildman–Crippen LogP) is 1.06. The molecule has 0 aliphatic carbocycles. The van der Waals surface area contributed by atoms with Gasteiger partial charge < -0.3 is 25.0 Å². The van der Waals surface area contributed by atoms with Crippen molar-refractivity contribution in [3.05, 3.63) is 60.2 Å². The molecular weight excluding hydrogens is 370 g/mol. The summed E-state index contributed by atoms with van der Waals surface area (Å²) in [5, 5.41) is 12.3. The average Bonchev–Trinajstić information content (AvgIpc) is 2.77. The van der Waals surface area contributed by atoms with Crippen LogP contribution in [0.4, 0.5) is 5.69 Å². The van der Waals surface area contributed by atoms with Crippen LogP contribution < -0.4 is 15.0 Å². The van der Waals surface area contributed by atoms with Crippen molar-refractivity contribution in [2.24, 2.45) is 0 Å². The highest BCUT2D eigenvalue weighted by Crippen LogP contribution is 2.28. The monoisotopic (exact) mass is 397 g/mol. The van der Waals surface area contributed by atoms with E-state index in [9.17, 15) is 14.7 Å². The second-order valence-corrected chi connectivity index (χ2v) is 6.95. The first kappa shape index (κ1) is 20.7. The maximum atomic E-state index is 12.8. The number of nitrogens with zero attached hydrogens (tertiary/aromatic N) is 2. The van der Waals surface area contributed by atoms with Gasteiger partial charge in [0.1, 0.15) is 11.8 Å². The molecule has 1 aliphatic rings. The van der Waals surface area contributed by atoms with Crippen LogP contribution >= 0.6 is 0 Å². The zero-order valence-electron chi connectivity index (χ0n) is 16.6. The first-order valence-electron chi connectivity index (χ1n) is 9.73. The van der Waals surface area contributed by atoms with Crippen molar-refractivity contribution in [3.63, 3.8) is 0 Å². The third-order valence-electron chi connectivity index (χ3n) is 5.04. The number of nitrogens with one attached hydrogen (secondary N) is 1. The molecule has 0 bridgehead atoms. The van der Waals surface area contributed by atoms with E-state index in [-0.39, 0.29) is 18.2 Å². The molecule has 1 fully saturated rings. The van der Waals surface area contributed by atoms with Crippen LogP contribution in [0.15, 0.2) is 54.6 Å². The average molecular weight is 397 g/mol. The van der Waals surface area contributed by atoms with Crippen molar-refractivity contribution in [1.29, 1.82) is 0 Å². The van der Waals surface area contributed by atoms with Crippen molar-refractivity contribution in [3.8, 4) is 5.75 Å². The molecule has 2 N–H and O–H groups in total. The minimum atomic E-state index is -0.927. The van der Waals surface area contributed by atoms with Gasteiger partial charge >= 0.3 is 0 Å². The number of carbonyl (C=O) groups excluding carboxylic acids is 2. The number of ether oxygens (including phenoxy) is 1. The summed E-state index contributed by atoms with van der Waals surface area (Å²) in [5.41, 5.74) is 1.86. The molecule has 1 saturated heterocycles. The number of benzene rings is 2. The zero-order valence-corrected chi connectivity index (χ0v) is 16.6. The first-order valence-corrected chi connectivity index (χ1v) is 9.73. The standard InChI is InChI=1S/C22H27N3O4/c1-29-20-10-6-5-9-19(20)24-11-13-25(14-12-24)22(28)18(16-26)23-21(27)15-17-7-3-2-4-8-17/h2-10,18,26H,11-16H2,1H3,(H,23,27). The predicted molar refractivity (Wildman–Crippen MR) is 111 cm³/mol. The Morgan fingerprint density at radius 2 is 1.69 bits per heavy atom. The molecule has 2 aromatic carbocycles. The van der Waals surface area contributed by atoms with Gasteiger partial charge in [-0.25, -0.2) is 0 Å². The molecular formula is C22H27N3O4. The quantitative estimate of drug-likeness (QED) is 0.730. The van der Waals surface area contributed by atoms with E-state index in [1.165, 1.54) is 0 Å². The summed E-state index contributed by atoms with van der Waals surface area (Å²) in [5.74, 6) is 0.263. The Kier molecular flexibility index (Phi) is 7.08. The van der Waals surface area contributed by atoms with Crippen LogP contribution in [0, 0.1) is 0 Å². The Hall–Kier alpha value is -3.06. The van der Waals surface area contributed by atoms with Crippen LogP contribution in [-0.4, -0.2) is 67.8 Å². The summed E-state index contributed by atoms with van der Waals surface area (Å²) in [4.78, 5) is 28.9. The highest BCUT2D eigenvalue weighted by atomic mass is 16.5. The molecule has 154 valence electrons. The molecule has 2 amide bonds. The number of rotatable bonds is 7. The summed E-state index contributed by atoms with van der Waals surface area (Å²) in [6, 6.07) is 16.2. The van der Waals surface area contributed by atoms with Gasteiger partial charge in [-0.05, 0) is 17.7 Å². The lowest BCUT2D eigenvalue weighted by molar-refractivity contribution is -0.137. The van der Waals surface area contributed by atoms with E-state index in [0.29, 0.717) is 26.2 Å². The number of para-hydroxylation sites is 2. The Morgan fingerprint density at radius 1 is 1.03 bits per heavy atom. The Balaban J connectivity index is 1.55. The molecule has 7 heteroatoms. The van der Waals surface area contributed by atoms with E-state index in [1.54, 1.807) is 12.0 Å². The van der Waals surface area contributed by atoms with E-state index in [4.69, 9.17) is 4.74 Å². The Bertz CT molecular complexity index is 820. The Labute approximate surface area is 170 Å². The molecule has 1 aliphatic heterocycles. The van der Waals surface area contributed by atoms with Crippen LogP contribution in [0.5, 0.6) is 5.75 Å². The third-order valence-corrected chi connectivity index (χ3v) is 5.04. The number of amides is 2. The van der Waals surface area contributed by atoms with Gasteiger partial charge in [0.25, 0.3) is 0 Å². The fourth-order valence-corrected chi connectivity index (χ4v) is 3.49. The number of piperazine rings is 1. The first-order chi connectivity index (χ1) is 14.1. The van der Waals surface area contributed by atoms with Crippen molar-refractivity contribution in [2.75, 3.05) is 44.8 Å². The second-order valence-electron chi connectivity index (χ2n) is 6.95. The summed E-state index contributed by atoms with van der Waals surface area (Å²) >= 11 is 0. The van der Waals surface area contributed by atoms with Crippen molar-refractivity contribution >= 4 is 17.5 Å². The third kappa shape index (κ3) is 5.26. The molecule has 1 unspecified atom stereocenters. The van der Waals surface area contributed by atoms with Gasteiger partial charge in [0.15, 0.2) is 0 Å². The second kappa shape index (κ2) is 9.93. The molecule has 1 heterocycles. The highest BCUT2D eigenvalue weighted by Gasteiger charge is 2.28. The number of carbonyl (C=O) groups is 2. The minimum Gasteiger partial charge on any atom is -0.495 e. The molecule has 2 aromatic rings. The van der Waals surface area contributed by atoms with E-state index in [1.807, 2.05) is 54.6 Å². The van der Waals surface area contributed by atoms with E-state index in [2.05, 4.69) is 10.2 Å². The van der Waals surface area contributed by atoms with Crippen molar-refractivity contribution < 1.29 is 19.4 Å². The van der Waals surface area contributed by atoms with E-state index >= 15 is 0 Å². The molecule has 0 aromatic heterocycles. The van der Waals surface area contributed by atoms with Gasteiger partial charge in [0.2, 0.25) is 11.8 Å². The number of hydrogen-bond acceptors (Lipinski definition) is 5. The van der Waals surface area contributed by atoms with Crippen LogP contribution in [0.3, 0.4) is 0 Å². The number of methoxy groups -OCH3 is 1. The largest absolute Gasteiger partial charge is 0.495 e. The maximum Gasteiger partial charge on any atom is 0.247 e. The van der Waals surface area contributed by atoms with Crippen LogP contribution in [0.2, 0.25) is 0 Å². The van der Waals surface area contributed by atoms with Gasteiger partial charge in [-0.1, -0.05) is 42.5 Å².